The fraction of sp³-hybridized carbons (Fsp3) is 0.120. The van der Waals surface area contributed by atoms with Crippen molar-refractivity contribution in [3.63, 3.8) is 0 Å². The van der Waals surface area contributed by atoms with Crippen LogP contribution in [-0.4, -0.2) is 38.8 Å². The third kappa shape index (κ3) is 3.68. The third-order valence-electron chi connectivity index (χ3n) is 5.64. The number of ketones is 1. The Balaban J connectivity index is 1.60. The first-order chi connectivity index (χ1) is 16.5. The summed E-state index contributed by atoms with van der Waals surface area (Å²) in [4.78, 5) is 36.3. The SMILES string of the molecule is COc1cc(Cl)cc2cc(C(=O)C3=C(O)C(=O)N(Cc4ccncc4)C3c3cccnc3)oc12. The molecule has 3 aromatic heterocycles. The number of halogens is 1. The van der Waals surface area contributed by atoms with Crippen LogP contribution in [0, 0.1) is 0 Å². The summed E-state index contributed by atoms with van der Waals surface area (Å²) in [5.41, 5.74) is 1.62. The van der Waals surface area contributed by atoms with Gasteiger partial charge in [-0.05, 0) is 41.5 Å². The minimum Gasteiger partial charge on any atom is -0.503 e. The van der Waals surface area contributed by atoms with E-state index in [9.17, 15) is 14.7 Å². The molecule has 1 unspecified atom stereocenters. The number of hydrogen-bond donors (Lipinski definition) is 1. The number of amides is 1. The lowest BCUT2D eigenvalue weighted by atomic mass is 9.96. The van der Waals surface area contributed by atoms with Gasteiger partial charge in [0.15, 0.2) is 22.9 Å². The largest absolute Gasteiger partial charge is 0.503 e. The van der Waals surface area contributed by atoms with Crippen molar-refractivity contribution in [3.8, 4) is 5.75 Å². The number of hydrogen-bond acceptors (Lipinski definition) is 7. The van der Waals surface area contributed by atoms with Gasteiger partial charge >= 0.3 is 0 Å². The number of rotatable bonds is 6. The Hall–Kier alpha value is -4.17. The Kier molecular flexibility index (Phi) is 5.51. The second-order valence-electron chi connectivity index (χ2n) is 7.71. The minimum absolute atomic E-state index is 0.0513. The second kappa shape index (κ2) is 8.64. The van der Waals surface area contributed by atoms with Gasteiger partial charge < -0.3 is 19.2 Å². The van der Waals surface area contributed by atoms with Gasteiger partial charge in [0, 0.05) is 47.8 Å². The number of Topliss-reactive ketones (excluding diaryl/α,β-unsaturated/α-hetero) is 1. The lowest BCUT2D eigenvalue weighted by Crippen LogP contribution is -2.30. The molecule has 0 radical (unpaired) electrons. The smallest absolute Gasteiger partial charge is 0.290 e. The highest BCUT2D eigenvalue weighted by atomic mass is 35.5. The molecule has 4 heterocycles. The molecule has 170 valence electrons. The van der Waals surface area contributed by atoms with Gasteiger partial charge in [-0.2, -0.15) is 0 Å². The van der Waals surface area contributed by atoms with E-state index >= 15 is 0 Å². The highest BCUT2D eigenvalue weighted by Gasteiger charge is 2.44. The molecule has 0 saturated carbocycles. The van der Waals surface area contributed by atoms with Gasteiger partial charge in [0.1, 0.15) is 0 Å². The van der Waals surface area contributed by atoms with Crippen LogP contribution < -0.4 is 4.74 Å². The number of aliphatic hydroxyl groups excluding tert-OH is 1. The highest BCUT2D eigenvalue weighted by molar-refractivity contribution is 6.31. The summed E-state index contributed by atoms with van der Waals surface area (Å²) >= 11 is 6.14. The van der Waals surface area contributed by atoms with Crippen LogP contribution in [0.1, 0.15) is 27.7 Å². The summed E-state index contributed by atoms with van der Waals surface area (Å²) in [5.74, 6) is -1.59. The van der Waals surface area contributed by atoms with E-state index in [0.717, 1.165) is 5.56 Å². The number of carbonyl (C=O) groups is 2. The molecular weight excluding hydrogens is 458 g/mol. The van der Waals surface area contributed by atoms with Crippen LogP contribution >= 0.6 is 11.6 Å². The summed E-state index contributed by atoms with van der Waals surface area (Å²) in [5, 5.41) is 11.8. The number of aliphatic hydroxyl groups is 1. The summed E-state index contributed by atoms with van der Waals surface area (Å²) in [7, 11) is 1.47. The monoisotopic (exact) mass is 475 g/mol. The Morgan fingerprint density at radius 1 is 1.18 bits per heavy atom. The van der Waals surface area contributed by atoms with E-state index in [4.69, 9.17) is 20.8 Å². The number of carbonyl (C=O) groups excluding carboxylic acids is 2. The molecule has 9 heteroatoms. The molecule has 0 fully saturated rings. The average molecular weight is 476 g/mol. The number of fused-ring (bicyclic) bond motifs is 1. The van der Waals surface area contributed by atoms with Gasteiger partial charge in [0.25, 0.3) is 5.91 Å². The zero-order valence-corrected chi connectivity index (χ0v) is 18.7. The van der Waals surface area contributed by atoms with Crippen molar-refractivity contribution >= 4 is 34.3 Å². The van der Waals surface area contributed by atoms with Crippen molar-refractivity contribution < 1.29 is 23.8 Å². The van der Waals surface area contributed by atoms with Gasteiger partial charge in [-0.3, -0.25) is 19.6 Å². The molecule has 0 saturated heterocycles. The van der Waals surface area contributed by atoms with Crippen LogP contribution in [0.5, 0.6) is 5.75 Å². The van der Waals surface area contributed by atoms with Crippen molar-refractivity contribution in [3.05, 3.63) is 100 Å². The van der Waals surface area contributed by atoms with Crippen LogP contribution in [0.3, 0.4) is 0 Å². The summed E-state index contributed by atoms with van der Waals surface area (Å²) < 4.78 is 11.1. The molecule has 1 aromatic carbocycles. The zero-order chi connectivity index (χ0) is 23.8. The fourth-order valence-electron chi connectivity index (χ4n) is 4.10. The van der Waals surface area contributed by atoms with Crippen LogP contribution in [0.4, 0.5) is 0 Å². The fourth-order valence-corrected chi connectivity index (χ4v) is 4.32. The van der Waals surface area contributed by atoms with Gasteiger partial charge in [0.2, 0.25) is 5.78 Å². The first-order valence-electron chi connectivity index (χ1n) is 10.3. The van der Waals surface area contributed by atoms with Gasteiger partial charge in [-0.15, -0.1) is 0 Å². The number of ether oxygens (including phenoxy) is 1. The number of benzene rings is 1. The van der Waals surface area contributed by atoms with Gasteiger partial charge in [0.05, 0.1) is 18.7 Å². The van der Waals surface area contributed by atoms with E-state index in [0.29, 0.717) is 27.3 Å². The van der Waals surface area contributed by atoms with E-state index < -0.39 is 23.5 Å². The van der Waals surface area contributed by atoms with Gasteiger partial charge in [-0.1, -0.05) is 17.7 Å². The van der Waals surface area contributed by atoms with Crippen LogP contribution in [0.25, 0.3) is 11.0 Å². The predicted molar refractivity (Wildman–Crippen MR) is 124 cm³/mol. The molecule has 1 amide bonds. The molecule has 8 nitrogen and oxygen atoms in total. The molecule has 5 rings (SSSR count). The maximum atomic E-state index is 13.6. The quantitative estimate of drug-likeness (QED) is 0.404. The summed E-state index contributed by atoms with van der Waals surface area (Å²) in [6, 6.07) is 10.9. The lowest BCUT2D eigenvalue weighted by molar-refractivity contribution is -0.130. The van der Waals surface area contributed by atoms with Crippen LogP contribution in [0.2, 0.25) is 5.02 Å². The molecule has 4 aromatic rings. The Morgan fingerprint density at radius 3 is 2.68 bits per heavy atom. The normalized spacial score (nSPS) is 15.9. The maximum absolute atomic E-state index is 13.6. The molecule has 0 spiro atoms. The number of nitrogens with zero attached hydrogens (tertiary/aromatic N) is 3. The standard InChI is InChI=1S/C25H18ClN3O5/c1-33-19-11-17(26)9-16-10-18(34-24(16)19)22(30)20-21(15-3-2-6-28-12-15)29(25(32)23(20)31)13-14-4-7-27-8-5-14/h2-12,21,31H,13H2,1H3. The molecular formula is C25H18ClN3O5. The molecule has 1 atom stereocenters. The number of pyridine rings is 2. The second-order valence-corrected chi connectivity index (χ2v) is 8.14. The molecule has 34 heavy (non-hydrogen) atoms. The van der Waals surface area contributed by atoms with Crippen molar-refractivity contribution in [2.24, 2.45) is 0 Å². The summed E-state index contributed by atoms with van der Waals surface area (Å²) in [6.45, 7) is 0.158. The highest BCUT2D eigenvalue weighted by Crippen LogP contribution is 2.41. The van der Waals surface area contributed by atoms with Crippen molar-refractivity contribution in [2.45, 2.75) is 12.6 Å². The average Bonchev–Trinajstić information content (AvgIpc) is 3.39. The Bertz CT molecular complexity index is 1430. The zero-order valence-electron chi connectivity index (χ0n) is 17.9. The summed E-state index contributed by atoms with van der Waals surface area (Å²) in [6.07, 6.45) is 6.38. The molecule has 0 bridgehead atoms. The van der Waals surface area contributed by atoms with Crippen LogP contribution in [-0.2, 0) is 11.3 Å². The van der Waals surface area contributed by atoms with E-state index in [2.05, 4.69) is 9.97 Å². The van der Waals surface area contributed by atoms with E-state index in [1.165, 1.54) is 18.1 Å². The van der Waals surface area contributed by atoms with E-state index in [-0.39, 0.29) is 17.9 Å². The number of methoxy groups -OCH3 is 1. The van der Waals surface area contributed by atoms with Gasteiger partial charge in [-0.25, -0.2) is 0 Å². The maximum Gasteiger partial charge on any atom is 0.290 e. The molecule has 0 aliphatic carbocycles. The molecule has 1 aliphatic rings. The van der Waals surface area contributed by atoms with Crippen molar-refractivity contribution in [2.75, 3.05) is 7.11 Å². The molecule has 1 N–H and O–H groups in total. The van der Waals surface area contributed by atoms with Crippen molar-refractivity contribution in [1.29, 1.82) is 0 Å². The third-order valence-corrected chi connectivity index (χ3v) is 5.86. The first-order valence-corrected chi connectivity index (χ1v) is 10.7. The van der Waals surface area contributed by atoms with E-state index in [1.807, 2.05) is 0 Å². The Labute approximate surface area is 199 Å². The van der Waals surface area contributed by atoms with E-state index in [1.54, 1.807) is 61.2 Å². The minimum atomic E-state index is -0.861. The predicted octanol–water partition coefficient (Wildman–Crippen LogP) is 4.66. The topological polar surface area (TPSA) is 106 Å². The first kappa shape index (κ1) is 21.7. The molecule has 1 aliphatic heterocycles. The number of furan rings is 1. The van der Waals surface area contributed by atoms with Crippen molar-refractivity contribution in [1.82, 2.24) is 14.9 Å². The lowest BCUT2D eigenvalue weighted by Gasteiger charge is -2.26. The number of aromatic nitrogens is 2. The van der Waals surface area contributed by atoms with Crippen LogP contribution in [0.15, 0.2) is 83.0 Å². The Morgan fingerprint density at radius 2 is 1.97 bits per heavy atom.